The summed E-state index contributed by atoms with van der Waals surface area (Å²) in [5.74, 6) is 0. The van der Waals surface area contributed by atoms with Gasteiger partial charge in [-0.05, 0) is 12.1 Å². The quantitative estimate of drug-likeness (QED) is 0.618. The number of rotatable bonds is 1. The number of nitrogens with one attached hydrogen (secondary N) is 1. The van der Waals surface area contributed by atoms with Crippen molar-refractivity contribution in [1.29, 1.82) is 0 Å². The number of pyridine rings is 1. The highest BCUT2D eigenvalue weighted by atomic mass is 15.3. The van der Waals surface area contributed by atoms with E-state index in [4.69, 9.17) is 0 Å². The maximum absolute atomic E-state index is 4.16. The van der Waals surface area contributed by atoms with Crippen LogP contribution in [0.4, 0.5) is 0 Å². The first kappa shape index (κ1) is 7.25. The lowest BCUT2D eigenvalue weighted by Gasteiger charge is -2.00. The first-order chi connectivity index (χ1) is 6.95. The minimum absolute atomic E-state index is 0.706. The van der Waals surface area contributed by atoms with E-state index in [1.807, 2.05) is 18.3 Å². The van der Waals surface area contributed by atoms with Gasteiger partial charge in [0.2, 0.25) is 0 Å². The lowest BCUT2D eigenvalue weighted by molar-refractivity contribution is 0.884. The fraction of sp³-hybridized carbons (Fsp3) is 0. The van der Waals surface area contributed by atoms with Gasteiger partial charge in [0.1, 0.15) is 5.52 Å². The molecule has 0 saturated carbocycles. The third-order valence-corrected chi connectivity index (χ3v) is 2.06. The number of nitrogens with zero attached hydrogens (tertiary/aromatic N) is 4. The fourth-order valence-corrected chi connectivity index (χ4v) is 1.44. The van der Waals surface area contributed by atoms with E-state index in [0.717, 1.165) is 11.2 Å². The SMILES string of the molecule is c1cnn(-c2ccnc3nc[nH]c23)c1. The van der Waals surface area contributed by atoms with E-state index in [1.54, 1.807) is 23.4 Å². The minimum Gasteiger partial charge on any atom is -0.341 e. The van der Waals surface area contributed by atoms with Crippen molar-refractivity contribution in [3.63, 3.8) is 0 Å². The molecule has 0 saturated heterocycles. The van der Waals surface area contributed by atoms with Crippen molar-refractivity contribution in [3.05, 3.63) is 37.1 Å². The molecule has 0 radical (unpaired) electrons. The highest BCUT2D eigenvalue weighted by Crippen LogP contribution is 2.15. The second kappa shape index (κ2) is 2.66. The van der Waals surface area contributed by atoms with Gasteiger partial charge in [0.05, 0.1) is 12.0 Å². The topological polar surface area (TPSA) is 59.4 Å². The Bertz CT molecular complexity index is 551. The largest absolute Gasteiger partial charge is 0.341 e. The van der Waals surface area contributed by atoms with Gasteiger partial charge in [0, 0.05) is 18.6 Å². The second-order valence-corrected chi connectivity index (χ2v) is 2.88. The number of hydrogen-bond donors (Lipinski definition) is 1. The Labute approximate surface area is 79.4 Å². The number of hydrogen-bond acceptors (Lipinski definition) is 3. The summed E-state index contributed by atoms with van der Waals surface area (Å²) in [6.07, 6.45) is 6.98. The Morgan fingerprint density at radius 3 is 3.07 bits per heavy atom. The number of fused-ring (bicyclic) bond motifs is 1. The van der Waals surface area contributed by atoms with Gasteiger partial charge in [-0.1, -0.05) is 0 Å². The van der Waals surface area contributed by atoms with Gasteiger partial charge in [0.15, 0.2) is 5.65 Å². The lowest BCUT2D eigenvalue weighted by Crippen LogP contribution is -1.95. The highest BCUT2D eigenvalue weighted by molar-refractivity contribution is 5.79. The summed E-state index contributed by atoms with van der Waals surface area (Å²) >= 11 is 0. The maximum atomic E-state index is 4.16. The number of aromatic amines is 1. The molecule has 1 N–H and O–H groups in total. The van der Waals surface area contributed by atoms with Gasteiger partial charge in [0.25, 0.3) is 0 Å². The van der Waals surface area contributed by atoms with Gasteiger partial charge in [-0.3, -0.25) is 0 Å². The molecule has 0 aromatic carbocycles. The van der Waals surface area contributed by atoms with E-state index in [2.05, 4.69) is 20.1 Å². The summed E-state index contributed by atoms with van der Waals surface area (Å²) < 4.78 is 1.78. The molecule has 0 spiro atoms. The number of aromatic nitrogens is 5. The Kier molecular flexibility index (Phi) is 1.38. The molecule has 68 valence electrons. The minimum atomic E-state index is 0.706. The van der Waals surface area contributed by atoms with Crippen LogP contribution in [0, 0.1) is 0 Å². The van der Waals surface area contributed by atoms with Crippen LogP contribution in [0.15, 0.2) is 37.1 Å². The summed E-state index contributed by atoms with van der Waals surface area (Å²) in [5.41, 5.74) is 2.56. The van der Waals surface area contributed by atoms with Crippen molar-refractivity contribution < 1.29 is 0 Å². The van der Waals surface area contributed by atoms with Crippen LogP contribution >= 0.6 is 0 Å². The second-order valence-electron chi connectivity index (χ2n) is 2.88. The molecule has 3 aromatic rings. The lowest BCUT2D eigenvalue weighted by atomic mass is 10.3. The molecule has 0 fully saturated rings. The van der Waals surface area contributed by atoms with Crippen LogP contribution in [-0.2, 0) is 0 Å². The van der Waals surface area contributed by atoms with Crippen molar-refractivity contribution >= 4 is 11.2 Å². The molecule has 3 aromatic heterocycles. The molecule has 0 atom stereocenters. The van der Waals surface area contributed by atoms with Gasteiger partial charge < -0.3 is 4.98 Å². The first-order valence-electron chi connectivity index (χ1n) is 4.23. The van der Waals surface area contributed by atoms with E-state index in [1.165, 1.54) is 0 Å². The molecule has 0 aliphatic heterocycles. The van der Waals surface area contributed by atoms with Crippen molar-refractivity contribution in [1.82, 2.24) is 24.7 Å². The van der Waals surface area contributed by atoms with Crippen LogP contribution in [0.1, 0.15) is 0 Å². The molecule has 5 nitrogen and oxygen atoms in total. The van der Waals surface area contributed by atoms with E-state index in [-0.39, 0.29) is 0 Å². The molecule has 3 heterocycles. The zero-order valence-electron chi connectivity index (χ0n) is 7.25. The van der Waals surface area contributed by atoms with Crippen molar-refractivity contribution in [2.75, 3.05) is 0 Å². The smallest absolute Gasteiger partial charge is 0.179 e. The molecule has 0 aliphatic rings. The molecule has 5 heteroatoms. The monoisotopic (exact) mass is 185 g/mol. The predicted molar refractivity (Wildman–Crippen MR) is 51.0 cm³/mol. The summed E-state index contributed by atoms with van der Waals surface area (Å²) in [6.45, 7) is 0. The highest BCUT2D eigenvalue weighted by Gasteiger charge is 2.04. The van der Waals surface area contributed by atoms with E-state index >= 15 is 0 Å². The summed E-state index contributed by atoms with van der Waals surface area (Å²) in [6, 6.07) is 3.77. The van der Waals surface area contributed by atoms with Crippen LogP contribution in [0.3, 0.4) is 0 Å². The van der Waals surface area contributed by atoms with Crippen molar-refractivity contribution in [2.45, 2.75) is 0 Å². The molecule has 3 rings (SSSR count). The standard InChI is InChI=1S/C9H7N5/c1-3-13-14(5-1)7-2-4-10-9-8(7)11-6-12-9/h1-6H,(H,10,11,12). The fourth-order valence-electron chi connectivity index (χ4n) is 1.44. The molecular weight excluding hydrogens is 178 g/mol. The van der Waals surface area contributed by atoms with E-state index in [0.29, 0.717) is 5.65 Å². The maximum Gasteiger partial charge on any atom is 0.179 e. The van der Waals surface area contributed by atoms with Crippen LogP contribution in [0.5, 0.6) is 0 Å². The molecule has 0 unspecified atom stereocenters. The zero-order valence-corrected chi connectivity index (χ0v) is 7.25. The Morgan fingerprint density at radius 1 is 1.21 bits per heavy atom. The van der Waals surface area contributed by atoms with E-state index < -0.39 is 0 Å². The van der Waals surface area contributed by atoms with Gasteiger partial charge in [-0.25, -0.2) is 14.6 Å². The normalized spacial score (nSPS) is 10.9. The predicted octanol–water partition coefficient (Wildman–Crippen LogP) is 1.14. The average Bonchev–Trinajstić information content (AvgIpc) is 2.88. The third kappa shape index (κ3) is 0.922. The van der Waals surface area contributed by atoms with Crippen LogP contribution in [0.2, 0.25) is 0 Å². The van der Waals surface area contributed by atoms with Gasteiger partial charge in [-0.15, -0.1) is 0 Å². The van der Waals surface area contributed by atoms with Crippen LogP contribution in [-0.4, -0.2) is 24.7 Å². The Balaban J connectivity index is 2.36. The molecule has 14 heavy (non-hydrogen) atoms. The van der Waals surface area contributed by atoms with E-state index in [9.17, 15) is 0 Å². The molecular formula is C9H7N5. The summed E-state index contributed by atoms with van der Waals surface area (Å²) in [7, 11) is 0. The molecule has 0 amide bonds. The zero-order chi connectivity index (χ0) is 9.38. The number of imidazole rings is 1. The first-order valence-corrected chi connectivity index (χ1v) is 4.23. The molecule has 0 bridgehead atoms. The van der Waals surface area contributed by atoms with Gasteiger partial charge in [-0.2, -0.15) is 5.10 Å². The Morgan fingerprint density at radius 2 is 2.21 bits per heavy atom. The average molecular weight is 185 g/mol. The summed E-state index contributed by atoms with van der Waals surface area (Å²) in [5, 5.41) is 4.16. The Hall–Kier alpha value is -2.17. The van der Waals surface area contributed by atoms with Gasteiger partial charge >= 0.3 is 0 Å². The van der Waals surface area contributed by atoms with Crippen LogP contribution in [0.25, 0.3) is 16.9 Å². The van der Waals surface area contributed by atoms with Crippen molar-refractivity contribution in [3.8, 4) is 5.69 Å². The number of H-pyrrole nitrogens is 1. The van der Waals surface area contributed by atoms with Crippen LogP contribution < -0.4 is 0 Å². The third-order valence-electron chi connectivity index (χ3n) is 2.06. The summed E-state index contributed by atoms with van der Waals surface area (Å²) in [4.78, 5) is 11.3. The molecule has 0 aliphatic carbocycles. The van der Waals surface area contributed by atoms with Crippen molar-refractivity contribution in [2.24, 2.45) is 0 Å².